The Kier molecular flexibility index (Phi) is 4.18. The van der Waals surface area contributed by atoms with Crippen LogP contribution in [0.3, 0.4) is 0 Å². The first-order valence-electron chi connectivity index (χ1n) is 7.15. The van der Waals surface area contributed by atoms with Gasteiger partial charge in [-0.1, -0.05) is 40.2 Å². The maximum Gasteiger partial charge on any atom is 0.0570 e. The van der Waals surface area contributed by atoms with Crippen molar-refractivity contribution in [2.24, 2.45) is 0 Å². The van der Waals surface area contributed by atoms with Crippen molar-refractivity contribution in [1.29, 1.82) is 0 Å². The lowest BCUT2D eigenvalue weighted by atomic mass is 9.75. The average Bonchev–Trinajstić information content (AvgIpc) is 2.44. The van der Waals surface area contributed by atoms with E-state index in [1.165, 1.54) is 22.9 Å². The molecule has 1 aromatic heterocycles. The summed E-state index contributed by atoms with van der Waals surface area (Å²) in [5.74, 6) is 0.680. The van der Waals surface area contributed by atoms with E-state index in [0.717, 1.165) is 5.69 Å². The summed E-state index contributed by atoms with van der Waals surface area (Å²) in [5, 5.41) is 3.67. The summed E-state index contributed by atoms with van der Waals surface area (Å²) in [6.07, 6.45) is 4.28. The van der Waals surface area contributed by atoms with Gasteiger partial charge in [-0.2, -0.15) is 0 Å². The number of nitrogens with one attached hydrogen (secondary N) is 1. The highest BCUT2D eigenvalue weighted by atomic mass is 79.9. The Bertz CT molecular complexity index is 564. The van der Waals surface area contributed by atoms with Gasteiger partial charge in [0.25, 0.3) is 0 Å². The van der Waals surface area contributed by atoms with Crippen LogP contribution in [0.25, 0.3) is 0 Å². The highest BCUT2D eigenvalue weighted by Crippen LogP contribution is 2.40. The molecule has 1 aliphatic carbocycles. The average molecular weight is 331 g/mol. The van der Waals surface area contributed by atoms with Crippen molar-refractivity contribution in [2.75, 3.05) is 0 Å². The standard InChI is InChI=1S/C17H19BrN2/c1-12(17-8-4-5-9-19-17)20-14-10-13(11-14)15-6-2-3-7-16(15)18/h2-9,12-14,20H,10-11H2,1H3/t12-,13?,14?/m0/s1. The highest BCUT2D eigenvalue weighted by molar-refractivity contribution is 9.10. The molecule has 0 saturated heterocycles. The molecule has 104 valence electrons. The molecule has 2 nitrogen and oxygen atoms in total. The molecule has 1 aliphatic rings. The van der Waals surface area contributed by atoms with E-state index in [1.54, 1.807) is 0 Å². The first-order valence-corrected chi connectivity index (χ1v) is 7.94. The third-order valence-corrected chi connectivity index (χ3v) is 4.82. The monoisotopic (exact) mass is 330 g/mol. The Morgan fingerprint density at radius 1 is 1.15 bits per heavy atom. The van der Waals surface area contributed by atoms with Crippen LogP contribution in [0.2, 0.25) is 0 Å². The van der Waals surface area contributed by atoms with Crippen molar-refractivity contribution in [3.8, 4) is 0 Å². The minimum Gasteiger partial charge on any atom is -0.306 e. The van der Waals surface area contributed by atoms with Crippen LogP contribution in [0.4, 0.5) is 0 Å². The van der Waals surface area contributed by atoms with Gasteiger partial charge in [-0.05, 0) is 49.4 Å². The second-order valence-electron chi connectivity index (χ2n) is 5.53. The van der Waals surface area contributed by atoms with Gasteiger partial charge in [-0.25, -0.2) is 0 Å². The number of rotatable bonds is 4. The van der Waals surface area contributed by atoms with E-state index >= 15 is 0 Å². The van der Waals surface area contributed by atoms with Crippen LogP contribution in [0.15, 0.2) is 53.1 Å². The van der Waals surface area contributed by atoms with Gasteiger partial charge in [0.1, 0.15) is 0 Å². The smallest absolute Gasteiger partial charge is 0.0570 e. The number of benzene rings is 1. The number of halogens is 1. The van der Waals surface area contributed by atoms with Gasteiger partial charge in [0.05, 0.1) is 5.69 Å². The summed E-state index contributed by atoms with van der Waals surface area (Å²) >= 11 is 3.65. The first-order chi connectivity index (χ1) is 9.74. The van der Waals surface area contributed by atoms with E-state index in [1.807, 2.05) is 18.3 Å². The van der Waals surface area contributed by atoms with E-state index in [-0.39, 0.29) is 0 Å². The third-order valence-electron chi connectivity index (χ3n) is 4.10. The maximum absolute atomic E-state index is 4.41. The lowest BCUT2D eigenvalue weighted by Gasteiger charge is -2.38. The fraction of sp³-hybridized carbons (Fsp3) is 0.353. The summed E-state index contributed by atoms with van der Waals surface area (Å²) in [6.45, 7) is 2.19. The Hall–Kier alpha value is -1.19. The molecule has 3 rings (SSSR count). The quantitative estimate of drug-likeness (QED) is 0.896. The topological polar surface area (TPSA) is 24.9 Å². The maximum atomic E-state index is 4.41. The molecule has 1 heterocycles. The van der Waals surface area contributed by atoms with Crippen LogP contribution in [0.5, 0.6) is 0 Å². The highest BCUT2D eigenvalue weighted by Gasteiger charge is 2.32. The van der Waals surface area contributed by atoms with E-state index in [0.29, 0.717) is 18.0 Å². The van der Waals surface area contributed by atoms with Crippen molar-refractivity contribution < 1.29 is 0 Å². The van der Waals surface area contributed by atoms with Crippen molar-refractivity contribution in [2.45, 2.75) is 37.8 Å². The van der Waals surface area contributed by atoms with E-state index < -0.39 is 0 Å². The molecule has 0 unspecified atom stereocenters. The van der Waals surface area contributed by atoms with Crippen molar-refractivity contribution in [3.63, 3.8) is 0 Å². The minimum absolute atomic E-state index is 0.321. The van der Waals surface area contributed by atoms with Crippen LogP contribution in [0.1, 0.15) is 43.0 Å². The second-order valence-corrected chi connectivity index (χ2v) is 6.38. The molecule has 0 amide bonds. The zero-order valence-electron chi connectivity index (χ0n) is 11.6. The summed E-state index contributed by atoms with van der Waals surface area (Å²) < 4.78 is 1.24. The zero-order chi connectivity index (χ0) is 13.9. The molecule has 0 spiro atoms. The molecule has 1 atom stereocenters. The predicted molar refractivity (Wildman–Crippen MR) is 85.7 cm³/mol. The zero-order valence-corrected chi connectivity index (χ0v) is 13.2. The van der Waals surface area contributed by atoms with Gasteiger partial charge in [0.15, 0.2) is 0 Å². The molecule has 3 heteroatoms. The summed E-state index contributed by atoms with van der Waals surface area (Å²) in [6, 6.07) is 15.6. The van der Waals surface area contributed by atoms with Gasteiger partial charge in [-0.3, -0.25) is 4.98 Å². The fourth-order valence-corrected chi connectivity index (χ4v) is 3.49. The molecule has 1 N–H and O–H groups in total. The van der Waals surface area contributed by atoms with Crippen molar-refractivity contribution >= 4 is 15.9 Å². The number of hydrogen-bond acceptors (Lipinski definition) is 2. The Balaban J connectivity index is 1.55. The second kappa shape index (κ2) is 6.06. The summed E-state index contributed by atoms with van der Waals surface area (Å²) in [7, 11) is 0. The van der Waals surface area contributed by atoms with E-state index in [4.69, 9.17) is 0 Å². The fourth-order valence-electron chi connectivity index (χ4n) is 2.89. The molecular formula is C17H19BrN2. The molecule has 0 bridgehead atoms. The molecular weight excluding hydrogens is 312 g/mol. The van der Waals surface area contributed by atoms with E-state index in [2.05, 4.69) is 63.5 Å². The molecule has 0 radical (unpaired) electrons. The number of pyridine rings is 1. The van der Waals surface area contributed by atoms with Gasteiger partial charge in [-0.15, -0.1) is 0 Å². The Morgan fingerprint density at radius 3 is 2.60 bits per heavy atom. The Morgan fingerprint density at radius 2 is 1.90 bits per heavy atom. The van der Waals surface area contributed by atoms with Gasteiger partial charge in [0, 0.05) is 22.8 Å². The SMILES string of the molecule is C[C@H](NC1CC(c2ccccc2Br)C1)c1ccccn1. The molecule has 2 aromatic rings. The summed E-state index contributed by atoms with van der Waals surface area (Å²) in [5.41, 5.74) is 2.56. The van der Waals surface area contributed by atoms with Gasteiger partial charge < -0.3 is 5.32 Å². The molecule has 20 heavy (non-hydrogen) atoms. The largest absolute Gasteiger partial charge is 0.306 e. The normalized spacial score (nSPS) is 23.1. The molecule has 0 aliphatic heterocycles. The number of hydrogen-bond donors (Lipinski definition) is 1. The van der Waals surface area contributed by atoms with Crippen LogP contribution in [0, 0.1) is 0 Å². The summed E-state index contributed by atoms with van der Waals surface area (Å²) in [4.78, 5) is 4.41. The number of nitrogens with zero attached hydrogens (tertiary/aromatic N) is 1. The lowest BCUT2D eigenvalue weighted by Crippen LogP contribution is -2.41. The molecule has 1 saturated carbocycles. The molecule has 1 aromatic carbocycles. The Labute approximate surface area is 128 Å². The van der Waals surface area contributed by atoms with Crippen molar-refractivity contribution in [1.82, 2.24) is 10.3 Å². The van der Waals surface area contributed by atoms with Crippen LogP contribution < -0.4 is 5.32 Å². The van der Waals surface area contributed by atoms with Crippen LogP contribution >= 0.6 is 15.9 Å². The first kappa shape index (κ1) is 13.8. The minimum atomic E-state index is 0.321. The number of aromatic nitrogens is 1. The lowest BCUT2D eigenvalue weighted by molar-refractivity contribution is 0.269. The van der Waals surface area contributed by atoms with E-state index in [9.17, 15) is 0 Å². The third kappa shape index (κ3) is 2.94. The molecule has 1 fully saturated rings. The van der Waals surface area contributed by atoms with Gasteiger partial charge >= 0.3 is 0 Å². The van der Waals surface area contributed by atoms with Crippen molar-refractivity contribution in [3.05, 3.63) is 64.4 Å². The van der Waals surface area contributed by atoms with Gasteiger partial charge in [0.2, 0.25) is 0 Å². The predicted octanol–water partition coefficient (Wildman–Crippen LogP) is 4.44. The van der Waals surface area contributed by atoms with Crippen LogP contribution in [-0.2, 0) is 0 Å². The van der Waals surface area contributed by atoms with Crippen LogP contribution in [-0.4, -0.2) is 11.0 Å².